The Morgan fingerprint density at radius 3 is 1.62 bits per heavy atom. The molecule has 0 aromatic heterocycles. The van der Waals surface area contributed by atoms with Crippen molar-refractivity contribution in [3.63, 3.8) is 0 Å². The van der Waals surface area contributed by atoms with Gasteiger partial charge in [-0.3, -0.25) is 0 Å². The summed E-state index contributed by atoms with van der Waals surface area (Å²) in [5, 5.41) is 37.9. The lowest BCUT2D eigenvalue weighted by atomic mass is 9.88. The van der Waals surface area contributed by atoms with Gasteiger partial charge < -0.3 is 20.4 Å². The Labute approximate surface area is 149 Å². The second kappa shape index (κ2) is 13.1. The Kier molecular flexibility index (Phi) is 13.0. The van der Waals surface area contributed by atoms with Crippen LogP contribution in [-0.4, -0.2) is 45.3 Å². The van der Waals surface area contributed by atoms with E-state index in [9.17, 15) is 15.3 Å². The van der Waals surface area contributed by atoms with E-state index in [0.717, 1.165) is 24.7 Å². The van der Waals surface area contributed by atoms with Crippen LogP contribution in [-0.2, 0) is 0 Å². The number of hydrogen-bond acceptors (Lipinski definition) is 4. The standard InChI is InChI=1S/C20H42O4/c1-16(2)8-5-9-17(3)10-6-11-18(4)12-7-13-20(24,15-22)19(23)14-21/h16-19,21-24H,5-15H2,1-4H3. The topological polar surface area (TPSA) is 80.9 Å². The highest BCUT2D eigenvalue weighted by molar-refractivity contribution is 4.85. The molecule has 0 saturated carbocycles. The van der Waals surface area contributed by atoms with Gasteiger partial charge in [0.05, 0.1) is 13.2 Å². The van der Waals surface area contributed by atoms with Gasteiger partial charge in [0.2, 0.25) is 0 Å². The van der Waals surface area contributed by atoms with Crippen molar-refractivity contribution >= 4 is 0 Å². The van der Waals surface area contributed by atoms with Crippen LogP contribution in [0.2, 0.25) is 0 Å². The fourth-order valence-corrected chi connectivity index (χ4v) is 3.26. The Hall–Kier alpha value is -0.160. The van der Waals surface area contributed by atoms with E-state index in [0.29, 0.717) is 12.3 Å². The van der Waals surface area contributed by atoms with E-state index >= 15 is 0 Å². The Morgan fingerprint density at radius 1 is 0.750 bits per heavy atom. The largest absolute Gasteiger partial charge is 0.394 e. The second-order valence-corrected chi connectivity index (χ2v) is 8.32. The highest BCUT2D eigenvalue weighted by atomic mass is 16.4. The van der Waals surface area contributed by atoms with Gasteiger partial charge in [-0.25, -0.2) is 0 Å². The van der Waals surface area contributed by atoms with Crippen LogP contribution in [0, 0.1) is 17.8 Å². The van der Waals surface area contributed by atoms with Crippen molar-refractivity contribution in [3.8, 4) is 0 Å². The molecular formula is C20H42O4. The van der Waals surface area contributed by atoms with E-state index in [2.05, 4.69) is 27.7 Å². The lowest BCUT2D eigenvalue weighted by Crippen LogP contribution is -2.47. The van der Waals surface area contributed by atoms with Crippen molar-refractivity contribution < 1.29 is 20.4 Å². The molecule has 0 saturated heterocycles. The maximum Gasteiger partial charge on any atom is 0.116 e. The predicted molar refractivity (Wildman–Crippen MR) is 99.8 cm³/mol. The highest BCUT2D eigenvalue weighted by Crippen LogP contribution is 2.24. The molecule has 0 aromatic carbocycles. The monoisotopic (exact) mass is 346 g/mol. The summed E-state index contributed by atoms with van der Waals surface area (Å²) in [6.07, 6.45) is 8.48. The predicted octanol–water partition coefficient (Wildman–Crippen LogP) is 3.50. The van der Waals surface area contributed by atoms with Gasteiger partial charge in [-0.05, 0) is 24.2 Å². The van der Waals surface area contributed by atoms with Crippen molar-refractivity contribution in [1.82, 2.24) is 0 Å². The lowest BCUT2D eigenvalue weighted by Gasteiger charge is -2.30. The highest BCUT2D eigenvalue weighted by Gasteiger charge is 2.34. The summed E-state index contributed by atoms with van der Waals surface area (Å²) in [7, 11) is 0. The third-order valence-electron chi connectivity index (χ3n) is 5.25. The van der Waals surface area contributed by atoms with Gasteiger partial charge in [0.1, 0.15) is 11.7 Å². The molecule has 4 nitrogen and oxygen atoms in total. The van der Waals surface area contributed by atoms with Crippen LogP contribution in [0.15, 0.2) is 0 Å². The Bertz CT molecular complexity index is 295. The lowest BCUT2D eigenvalue weighted by molar-refractivity contribution is -0.125. The van der Waals surface area contributed by atoms with Crippen LogP contribution in [0.4, 0.5) is 0 Å². The van der Waals surface area contributed by atoms with Gasteiger partial charge in [0, 0.05) is 0 Å². The van der Waals surface area contributed by atoms with Gasteiger partial charge in [-0.1, -0.05) is 79.1 Å². The SMILES string of the molecule is CC(C)CCCC(C)CCCC(C)CCCC(O)(CO)C(O)CO. The maximum absolute atomic E-state index is 10.1. The smallest absolute Gasteiger partial charge is 0.116 e. The summed E-state index contributed by atoms with van der Waals surface area (Å²) < 4.78 is 0. The minimum absolute atomic E-state index is 0.321. The van der Waals surface area contributed by atoms with E-state index in [1.54, 1.807) is 0 Å². The fraction of sp³-hybridized carbons (Fsp3) is 1.00. The van der Waals surface area contributed by atoms with E-state index in [1.165, 1.54) is 38.5 Å². The molecule has 0 aromatic rings. The molecule has 4 heteroatoms. The fourth-order valence-electron chi connectivity index (χ4n) is 3.26. The molecule has 4 atom stereocenters. The molecule has 0 heterocycles. The van der Waals surface area contributed by atoms with Crippen LogP contribution >= 0.6 is 0 Å². The van der Waals surface area contributed by atoms with Crippen molar-refractivity contribution in [1.29, 1.82) is 0 Å². The summed E-state index contributed by atoms with van der Waals surface area (Å²) in [6, 6.07) is 0. The maximum atomic E-state index is 10.1. The minimum Gasteiger partial charge on any atom is -0.394 e. The molecule has 146 valence electrons. The molecule has 0 aliphatic carbocycles. The van der Waals surface area contributed by atoms with Gasteiger partial charge in [0.15, 0.2) is 0 Å². The quantitative estimate of drug-likeness (QED) is 0.366. The molecule has 0 radical (unpaired) electrons. The Balaban J connectivity index is 3.81. The normalized spacial score (nSPS) is 18.4. The Morgan fingerprint density at radius 2 is 1.21 bits per heavy atom. The van der Waals surface area contributed by atoms with Crippen LogP contribution in [0.5, 0.6) is 0 Å². The molecule has 0 aliphatic heterocycles. The molecule has 0 bridgehead atoms. The summed E-state index contributed by atoms with van der Waals surface area (Å²) in [6.45, 7) is 8.10. The minimum atomic E-state index is -1.57. The number of hydrogen-bond donors (Lipinski definition) is 4. The number of aliphatic hydroxyl groups is 4. The van der Waals surface area contributed by atoms with Crippen LogP contribution in [0.1, 0.15) is 85.5 Å². The van der Waals surface area contributed by atoms with E-state index in [4.69, 9.17) is 5.11 Å². The number of aliphatic hydroxyl groups excluding tert-OH is 3. The van der Waals surface area contributed by atoms with E-state index < -0.39 is 24.9 Å². The van der Waals surface area contributed by atoms with Gasteiger partial charge in [-0.15, -0.1) is 0 Å². The first kappa shape index (κ1) is 23.8. The van der Waals surface area contributed by atoms with Gasteiger partial charge in [-0.2, -0.15) is 0 Å². The molecule has 4 N–H and O–H groups in total. The van der Waals surface area contributed by atoms with Crippen molar-refractivity contribution in [2.45, 2.75) is 97.2 Å². The molecule has 0 aliphatic rings. The first-order valence-electron chi connectivity index (χ1n) is 9.87. The van der Waals surface area contributed by atoms with Crippen LogP contribution in [0.25, 0.3) is 0 Å². The summed E-state index contributed by atoms with van der Waals surface area (Å²) >= 11 is 0. The zero-order valence-corrected chi connectivity index (χ0v) is 16.4. The molecule has 0 amide bonds. The summed E-state index contributed by atoms with van der Waals surface area (Å²) in [5.41, 5.74) is -1.57. The molecule has 0 fully saturated rings. The van der Waals surface area contributed by atoms with Crippen LogP contribution in [0.3, 0.4) is 0 Å². The van der Waals surface area contributed by atoms with Crippen molar-refractivity contribution in [3.05, 3.63) is 0 Å². The molecule has 4 unspecified atom stereocenters. The van der Waals surface area contributed by atoms with Crippen LogP contribution < -0.4 is 0 Å². The van der Waals surface area contributed by atoms with E-state index in [-0.39, 0.29) is 0 Å². The third-order valence-corrected chi connectivity index (χ3v) is 5.25. The van der Waals surface area contributed by atoms with Crippen molar-refractivity contribution in [2.24, 2.45) is 17.8 Å². The zero-order chi connectivity index (χ0) is 18.6. The molecule has 0 rings (SSSR count). The average molecular weight is 347 g/mol. The van der Waals surface area contributed by atoms with Gasteiger partial charge in [0.25, 0.3) is 0 Å². The summed E-state index contributed by atoms with van der Waals surface area (Å²) in [4.78, 5) is 0. The second-order valence-electron chi connectivity index (χ2n) is 8.32. The molecule has 24 heavy (non-hydrogen) atoms. The van der Waals surface area contributed by atoms with Gasteiger partial charge >= 0.3 is 0 Å². The summed E-state index contributed by atoms with van der Waals surface area (Å²) in [5.74, 6) is 2.19. The zero-order valence-electron chi connectivity index (χ0n) is 16.4. The average Bonchev–Trinajstić information content (AvgIpc) is 2.53. The first-order valence-corrected chi connectivity index (χ1v) is 9.87. The van der Waals surface area contributed by atoms with Crippen molar-refractivity contribution in [2.75, 3.05) is 13.2 Å². The first-order chi connectivity index (χ1) is 11.2. The third kappa shape index (κ3) is 10.7. The van der Waals surface area contributed by atoms with E-state index in [1.807, 2.05) is 0 Å². The molecule has 0 spiro atoms. The number of rotatable bonds is 15. The molecular weight excluding hydrogens is 304 g/mol.